The van der Waals surface area contributed by atoms with Crippen LogP contribution in [0.1, 0.15) is 5.69 Å². The van der Waals surface area contributed by atoms with Gasteiger partial charge in [0.2, 0.25) is 0 Å². The van der Waals surface area contributed by atoms with E-state index in [1.54, 1.807) is 0 Å². The molecule has 4 nitrogen and oxygen atoms in total. The third kappa shape index (κ3) is 3.16. The molecular formula is C9H18N4. The SMILES string of the molecule is CNCc1ccnn1CCN(C)C. The first-order valence-corrected chi connectivity index (χ1v) is 4.54. The van der Waals surface area contributed by atoms with Crippen molar-refractivity contribution in [3.8, 4) is 0 Å². The van der Waals surface area contributed by atoms with Crippen molar-refractivity contribution in [2.24, 2.45) is 0 Å². The highest BCUT2D eigenvalue weighted by Crippen LogP contribution is 1.97. The third-order valence-corrected chi connectivity index (χ3v) is 1.92. The zero-order chi connectivity index (χ0) is 9.68. The van der Waals surface area contributed by atoms with Crippen molar-refractivity contribution in [1.82, 2.24) is 20.0 Å². The van der Waals surface area contributed by atoms with Gasteiger partial charge in [0.25, 0.3) is 0 Å². The molecule has 1 rings (SSSR count). The van der Waals surface area contributed by atoms with Crippen LogP contribution in [-0.2, 0) is 13.1 Å². The van der Waals surface area contributed by atoms with Gasteiger partial charge in [0.1, 0.15) is 0 Å². The zero-order valence-electron chi connectivity index (χ0n) is 8.62. The molecule has 0 aromatic carbocycles. The Hall–Kier alpha value is -0.870. The average Bonchev–Trinajstić information content (AvgIpc) is 2.49. The molecule has 4 heteroatoms. The maximum atomic E-state index is 4.26. The van der Waals surface area contributed by atoms with E-state index in [2.05, 4.69) is 29.4 Å². The van der Waals surface area contributed by atoms with E-state index in [0.717, 1.165) is 19.6 Å². The van der Waals surface area contributed by atoms with Gasteiger partial charge in [0.05, 0.1) is 12.2 Å². The Bertz CT molecular complexity index is 242. The molecule has 0 fully saturated rings. The van der Waals surface area contributed by atoms with Gasteiger partial charge in [-0.25, -0.2) is 0 Å². The topological polar surface area (TPSA) is 33.1 Å². The quantitative estimate of drug-likeness (QED) is 0.704. The van der Waals surface area contributed by atoms with Gasteiger partial charge in [-0.15, -0.1) is 0 Å². The number of rotatable bonds is 5. The minimum atomic E-state index is 0.882. The Morgan fingerprint density at radius 2 is 2.31 bits per heavy atom. The molecule has 0 unspecified atom stereocenters. The lowest BCUT2D eigenvalue weighted by atomic mass is 10.4. The maximum absolute atomic E-state index is 4.26. The average molecular weight is 182 g/mol. The molecule has 1 aromatic heterocycles. The largest absolute Gasteiger partial charge is 0.314 e. The van der Waals surface area contributed by atoms with Crippen LogP contribution in [0.2, 0.25) is 0 Å². The predicted octanol–water partition coefficient (Wildman–Crippen LogP) is 0.164. The fourth-order valence-corrected chi connectivity index (χ4v) is 1.19. The van der Waals surface area contributed by atoms with Crippen LogP contribution in [0.3, 0.4) is 0 Å². The number of hydrogen-bond acceptors (Lipinski definition) is 3. The van der Waals surface area contributed by atoms with E-state index in [9.17, 15) is 0 Å². The lowest BCUT2D eigenvalue weighted by molar-refractivity contribution is 0.368. The molecule has 0 saturated heterocycles. The van der Waals surface area contributed by atoms with E-state index >= 15 is 0 Å². The van der Waals surface area contributed by atoms with Crippen LogP contribution < -0.4 is 5.32 Å². The molecular weight excluding hydrogens is 164 g/mol. The van der Waals surface area contributed by atoms with Crippen LogP contribution in [0, 0.1) is 0 Å². The number of aromatic nitrogens is 2. The molecule has 0 aliphatic rings. The van der Waals surface area contributed by atoms with Gasteiger partial charge in [-0.1, -0.05) is 0 Å². The van der Waals surface area contributed by atoms with Gasteiger partial charge in [-0.2, -0.15) is 5.10 Å². The van der Waals surface area contributed by atoms with Crippen LogP contribution in [0.4, 0.5) is 0 Å². The molecule has 0 atom stereocenters. The molecule has 13 heavy (non-hydrogen) atoms. The highest BCUT2D eigenvalue weighted by molar-refractivity contribution is 4.99. The second kappa shape index (κ2) is 4.99. The lowest BCUT2D eigenvalue weighted by Gasteiger charge is -2.11. The second-order valence-electron chi connectivity index (χ2n) is 3.38. The number of hydrogen-bond donors (Lipinski definition) is 1. The van der Waals surface area contributed by atoms with Gasteiger partial charge in [-0.05, 0) is 27.2 Å². The summed E-state index contributed by atoms with van der Waals surface area (Å²) in [5, 5.41) is 7.38. The van der Waals surface area contributed by atoms with E-state index in [1.165, 1.54) is 5.69 Å². The fourth-order valence-electron chi connectivity index (χ4n) is 1.19. The lowest BCUT2D eigenvalue weighted by Crippen LogP contribution is -2.21. The molecule has 0 saturated carbocycles. The standard InChI is InChI=1S/C9H18N4/c1-10-8-9-4-5-11-13(9)7-6-12(2)3/h4-5,10H,6-8H2,1-3H3. The summed E-state index contributed by atoms with van der Waals surface area (Å²) in [6, 6.07) is 2.05. The van der Waals surface area contributed by atoms with Gasteiger partial charge < -0.3 is 10.2 Å². The summed E-state index contributed by atoms with van der Waals surface area (Å²) in [5.41, 5.74) is 1.24. The molecule has 0 bridgehead atoms. The summed E-state index contributed by atoms with van der Waals surface area (Å²) >= 11 is 0. The minimum Gasteiger partial charge on any atom is -0.314 e. The first-order valence-electron chi connectivity index (χ1n) is 4.54. The zero-order valence-corrected chi connectivity index (χ0v) is 8.62. The Morgan fingerprint density at radius 3 is 2.92 bits per heavy atom. The summed E-state index contributed by atoms with van der Waals surface area (Å²) in [5.74, 6) is 0. The first kappa shape index (κ1) is 10.2. The Kier molecular flexibility index (Phi) is 3.92. The summed E-state index contributed by atoms with van der Waals surface area (Å²) in [6.45, 7) is 2.86. The summed E-state index contributed by atoms with van der Waals surface area (Å²) < 4.78 is 2.04. The van der Waals surface area contributed by atoms with Crippen molar-refractivity contribution in [2.45, 2.75) is 13.1 Å². The van der Waals surface area contributed by atoms with Crippen molar-refractivity contribution < 1.29 is 0 Å². The molecule has 0 radical (unpaired) electrons. The van der Waals surface area contributed by atoms with Crippen LogP contribution in [-0.4, -0.2) is 42.4 Å². The van der Waals surface area contributed by atoms with Crippen LogP contribution in [0.5, 0.6) is 0 Å². The van der Waals surface area contributed by atoms with Crippen molar-refractivity contribution in [3.05, 3.63) is 18.0 Å². The molecule has 0 spiro atoms. The first-order chi connectivity index (χ1) is 6.24. The molecule has 0 aliphatic carbocycles. The summed E-state index contributed by atoms with van der Waals surface area (Å²) in [6.07, 6.45) is 1.85. The minimum absolute atomic E-state index is 0.882. The number of nitrogens with zero attached hydrogens (tertiary/aromatic N) is 3. The van der Waals surface area contributed by atoms with E-state index in [0.29, 0.717) is 0 Å². The van der Waals surface area contributed by atoms with E-state index in [1.807, 2.05) is 24.0 Å². The summed E-state index contributed by atoms with van der Waals surface area (Å²) in [4.78, 5) is 2.16. The van der Waals surface area contributed by atoms with Gasteiger partial charge in [0.15, 0.2) is 0 Å². The fraction of sp³-hybridized carbons (Fsp3) is 0.667. The van der Waals surface area contributed by atoms with Crippen molar-refractivity contribution in [2.75, 3.05) is 27.7 Å². The van der Waals surface area contributed by atoms with Crippen LogP contribution in [0.15, 0.2) is 12.3 Å². The number of likely N-dealkylation sites (N-methyl/N-ethyl adjacent to an activating group) is 1. The molecule has 1 aromatic rings. The Labute approximate surface area is 79.5 Å². The maximum Gasteiger partial charge on any atom is 0.0540 e. The smallest absolute Gasteiger partial charge is 0.0540 e. The van der Waals surface area contributed by atoms with Crippen molar-refractivity contribution in [1.29, 1.82) is 0 Å². The van der Waals surface area contributed by atoms with E-state index in [4.69, 9.17) is 0 Å². The predicted molar refractivity (Wildman–Crippen MR) is 53.5 cm³/mol. The second-order valence-corrected chi connectivity index (χ2v) is 3.38. The highest BCUT2D eigenvalue weighted by atomic mass is 15.3. The molecule has 0 aliphatic heterocycles. The van der Waals surface area contributed by atoms with Crippen molar-refractivity contribution in [3.63, 3.8) is 0 Å². The Balaban J connectivity index is 2.49. The van der Waals surface area contributed by atoms with Gasteiger partial charge in [-0.3, -0.25) is 4.68 Å². The van der Waals surface area contributed by atoms with Gasteiger partial charge >= 0.3 is 0 Å². The molecule has 74 valence electrons. The van der Waals surface area contributed by atoms with Crippen LogP contribution in [0.25, 0.3) is 0 Å². The monoisotopic (exact) mass is 182 g/mol. The van der Waals surface area contributed by atoms with Gasteiger partial charge in [0, 0.05) is 19.3 Å². The Morgan fingerprint density at radius 1 is 1.54 bits per heavy atom. The highest BCUT2D eigenvalue weighted by Gasteiger charge is 2.00. The number of nitrogens with one attached hydrogen (secondary N) is 1. The third-order valence-electron chi connectivity index (χ3n) is 1.92. The molecule has 1 heterocycles. The normalized spacial score (nSPS) is 11.1. The van der Waals surface area contributed by atoms with Crippen molar-refractivity contribution >= 4 is 0 Å². The molecule has 0 amide bonds. The molecule has 1 N–H and O–H groups in total. The van der Waals surface area contributed by atoms with E-state index < -0.39 is 0 Å². The summed E-state index contributed by atoms with van der Waals surface area (Å²) in [7, 11) is 6.09. The van der Waals surface area contributed by atoms with E-state index in [-0.39, 0.29) is 0 Å². The van der Waals surface area contributed by atoms with Crippen LogP contribution >= 0.6 is 0 Å².